The van der Waals surface area contributed by atoms with Gasteiger partial charge in [-0.3, -0.25) is 38.7 Å². The van der Waals surface area contributed by atoms with E-state index in [0.717, 1.165) is 0 Å². The van der Waals surface area contributed by atoms with Crippen molar-refractivity contribution in [1.29, 1.82) is 0 Å². The second-order valence-corrected chi connectivity index (χ2v) is 8.03. The lowest BCUT2D eigenvalue weighted by Crippen LogP contribution is -2.46. The molecule has 0 bridgehead atoms. The molecule has 0 saturated carbocycles. The molecule has 0 aliphatic rings. The molecule has 0 heterocycles. The smallest absolute Gasteiger partial charge is 0.317 e. The number of carboxylic acids is 2. The Bertz CT molecular complexity index is 814. The van der Waals surface area contributed by atoms with Crippen molar-refractivity contribution in [3.05, 3.63) is 20.9 Å². The molecule has 218 valence electrons. The van der Waals surface area contributed by atoms with E-state index in [1.807, 2.05) is 0 Å². The Morgan fingerprint density at radius 2 is 1.15 bits per heavy atom. The first-order valence-corrected chi connectivity index (χ1v) is 11.9. The van der Waals surface area contributed by atoms with E-state index in [1.54, 1.807) is 4.90 Å². The molecule has 0 aromatic rings. The van der Waals surface area contributed by atoms with Gasteiger partial charge in [-0.1, -0.05) is 10.2 Å². The van der Waals surface area contributed by atoms with E-state index >= 15 is 0 Å². The Balaban J connectivity index is 4.97. The fourth-order valence-corrected chi connectivity index (χ4v) is 3.12. The molecule has 0 unspecified atom stereocenters. The average Bonchev–Trinajstić information content (AvgIpc) is 2.87. The molecule has 0 saturated heterocycles. The molecule has 19 heteroatoms. The van der Waals surface area contributed by atoms with Crippen molar-refractivity contribution in [2.45, 2.75) is 12.8 Å². The summed E-state index contributed by atoms with van der Waals surface area (Å²) in [5.74, 6) is -3.16. The van der Waals surface area contributed by atoms with Crippen LogP contribution in [-0.4, -0.2) is 140 Å². The number of nitrogens with one attached hydrogen (secondary N) is 2. The second-order valence-electron chi connectivity index (χ2n) is 8.03. The van der Waals surface area contributed by atoms with Gasteiger partial charge in [0, 0.05) is 62.2 Å². The maximum atomic E-state index is 12.2. The van der Waals surface area contributed by atoms with Crippen LogP contribution in [0.2, 0.25) is 0 Å². The van der Waals surface area contributed by atoms with Gasteiger partial charge in [-0.25, -0.2) is 0 Å². The third kappa shape index (κ3) is 21.6. The van der Waals surface area contributed by atoms with Crippen LogP contribution < -0.4 is 10.6 Å². The molecule has 0 aromatic carbocycles. The van der Waals surface area contributed by atoms with Gasteiger partial charge in [0.2, 0.25) is 11.8 Å². The summed E-state index contributed by atoms with van der Waals surface area (Å²) in [4.78, 5) is 67.2. The maximum Gasteiger partial charge on any atom is 0.317 e. The SMILES string of the molecule is [N-]=[N+]=NCCCNC(=O)CN(CCN(CCN(CC(=O)O)CC(=O)NCCCN=[N+]=[N-])COC=O)CC(=O)O. The molecule has 0 aromatic heterocycles. The number of hydrogen-bond donors (Lipinski definition) is 4. The molecule has 19 nitrogen and oxygen atoms in total. The number of amides is 2. The minimum Gasteiger partial charge on any atom is -0.480 e. The van der Waals surface area contributed by atoms with Crippen LogP contribution in [0.15, 0.2) is 10.2 Å². The number of hydrogen-bond acceptors (Lipinski definition) is 11. The van der Waals surface area contributed by atoms with Gasteiger partial charge in [-0.05, 0) is 23.9 Å². The summed E-state index contributed by atoms with van der Waals surface area (Å²) in [5, 5.41) is 30.3. The van der Waals surface area contributed by atoms with Gasteiger partial charge in [-0.2, -0.15) is 0 Å². The number of aliphatic carboxylic acids is 2. The molecular formula is C20H35N11O8. The topological polar surface area (TPSA) is 266 Å². The summed E-state index contributed by atoms with van der Waals surface area (Å²) >= 11 is 0. The Morgan fingerprint density at radius 1 is 0.744 bits per heavy atom. The van der Waals surface area contributed by atoms with Gasteiger partial charge in [-0.15, -0.1) is 0 Å². The van der Waals surface area contributed by atoms with Gasteiger partial charge >= 0.3 is 11.9 Å². The van der Waals surface area contributed by atoms with Crippen molar-refractivity contribution in [2.24, 2.45) is 10.2 Å². The number of carboxylic acid groups (broad SMARTS) is 2. The zero-order chi connectivity index (χ0) is 29.3. The van der Waals surface area contributed by atoms with E-state index in [9.17, 15) is 34.2 Å². The second kappa shape index (κ2) is 23.0. The summed E-state index contributed by atoms with van der Waals surface area (Å²) in [6.07, 6.45) is 0.846. The highest BCUT2D eigenvalue weighted by molar-refractivity contribution is 5.79. The first-order chi connectivity index (χ1) is 18.7. The van der Waals surface area contributed by atoms with E-state index in [-0.39, 0.29) is 78.7 Å². The van der Waals surface area contributed by atoms with E-state index in [1.165, 1.54) is 9.80 Å². The third-order valence-electron chi connectivity index (χ3n) is 4.88. The van der Waals surface area contributed by atoms with Gasteiger partial charge in [0.15, 0.2) is 0 Å². The van der Waals surface area contributed by atoms with Crippen LogP contribution in [0.5, 0.6) is 0 Å². The highest BCUT2D eigenvalue weighted by Gasteiger charge is 2.18. The number of ether oxygens (including phenoxy) is 1. The van der Waals surface area contributed by atoms with E-state index in [4.69, 9.17) is 15.8 Å². The molecule has 39 heavy (non-hydrogen) atoms. The van der Waals surface area contributed by atoms with E-state index < -0.39 is 36.8 Å². The minimum atomic E-state index is -1.15. The van der Waals surface area contributed by atoms with Gasteiger partial charge in [0.1, 0.15) is 6.73 Å². The lowest BCUT2D eigenvalue weighted by molar-refractivity contribution is -0.140. The average molecular weight is 558 g/mol. The lowest BCUT2D eigenvalue weighted by atomic mass is 10.3. The summed E-state index contributed by atoms with van der Waals surface area (Å²) in [7, 11) is 0. The lowest BCUT2D eigenvalue weighted by Gasteiger charge is -2.28. The van der Waals surface area contributed by atoms with Crippen molar-refractivity contribution < 1.29 is 38.9 Å². The van der Waals surface area contributed by atoms with Gasteiger partial charge < -0.3 is 25.6 Å². The number of nitrogens with zero attached hydrogens (tertiary/aromatic N) is 9. The van der Waals surface area contributed by atoms with Crippen LogP contribution in [0.4, 0.5) is 0 Å². The molecule has 0 radical (unpaired) electrons. The van der Waals surface area contributed by atoms with Gasteiger partial charge in [0.25, 0.3) is 6.47 Å². The monoisotopic (exact) mass is 557 g/mol. The fourth-order valence-electron chi connectivity index (χ4n) is 3.12. The van der Waals surface area contributed by atoms with E-state index in [0.29, 0.717) is 12.8 Å². The van der Waals surface area contributed by atoms with Crippen molar-refractivity contribution in [2.75, 3.05) is 85.3 Å². The first-order valence-electron chi connectivity index (χ1n) is 11.9. The summed E-state index contributed by atoms with van der Waals surface area (Å²) in [6.45, 7) is 0.191. The highest BCUT2D eigenvalue weighted by Crippen LogP contribution is 1.98. The number of carbonyl (C=O) groups is 5. The standard InChI is InChI=1S/C20H35N11O8/c21-27-25-5-1-3-23-17(33)11-30(13-19(35)36)9-7-29(15-39-16-32)8-10-31(14-20(37)38)12-18(34)24-4-2-6-26-28-22/h16H,1-15H2,(H,23,33)(H,24,34)(H,35,36)(H,37,38). The molecule has 0 fully saturated rings. The molecule has 0 atom stereocenters. The molecule has 4 N–H and O–H groups in total. The summed E-state index contributed by atoms with van der Waals surface area (Å²) < 4.78 is 4.80. The predicted molar refractivity (Wildman–Crippen MR) is 135 cm³/mol. The van der Waals surface area contributed by atoms with Crippen LogP contribution in [0, 0.1) is 0 Å². The Kier molecular flexibility index (Phi) is 20.6. The number of rotatable bonds is 25. The van der Waals surface area contributed by atoms with Crippen molar-refractivity contribution in [3.63, 3.8) is 0 Å². The quantitative estimate of drug-likeness (QED) is 0.0259. The molecule has 0 aliphatic heterocycles. The largest absolute Gasteiger partial charge is 0.480 e. The first kappa shape index (κ1) is 34.9. The summed E-state index contributed by atoms with van der Waals surface area (Å²) in [6, 6.07) is 0. The predicted octanol–water partition coefficient (Wildman–Crippen LogP) is -1.17. The molecule has 0 spiro atoms. The molecule has 0 aliphatic carbocycles. The molecule has 0 rings (SSSR count). The minimum absolute atomic E-state index is 0.102. The highest BCUT2D eigenvalue weighted by atomic mass is 16.5. The number of azide groups is 2. The van der Waals surface area contributed by atoms with Crippen LogP contribution in [0.25, 0.3) is 20.9 Å². The Hall–Kier alpha value is -4.15. The van der Waals surface area contributed by atoms with Crippen molar-refractivity contribution in [1.82, 2.24) is 25.3 Å². The Labute approximate surface area is 224 Å². The zero-order valence-electron chi connectivity index (χ0n) is 21.6. The van der Waals surface area contributed by atoms with Crippen LogP contribution in [0.1, 0.15) is 12.8 Å². The maximum absolute atomic E-state index is 12.2. The van der Waals surface area contributed by atoms with Crippen molar-refractivity contribution >= 4 is 30.2 Å². The molecule has 2 amide bonds. The van der Waals surface area contributed by atoms with Crippen LogP contribution >= 0.6 is 0 Å². The summed E-state index contributed by atoms with van der Waals surface area (Å²) in [5.41, 5.74) is 16.5. The van der Waals surface area contributed by atoms with Gasteiger partial charge in [0.05, 0.1) is 26.2 Å². The van der Waals surface area contributed by atoms with E-state index in [2.05, 4.69) is 30.7 Å². The third-order valence-corrected chi connectivity index (χ3v) is 4.88. The molecular weight excluding hydrogens is 522 g/mol. The normalized spacial score (nSPS) is 10.4. The zero-order valence-corrected chi connectivity index (χ0v) is 21.6. The van der Waals surface area contributed by atoms with Crippen LogP contribution in [0.3, 0.4) is 0 Å². The fraction of sp³-hybridized carbons (Fsp3) is 0.750. The number of carbonyl (C=O) groups excluding carboxylic acids is 3. The Morgan fingerprint density at radius 3 is 1.51 bits per heavy atom. The van der Waals surface area contributed by atoms with Crippen molar-refractivity contribution in [3.8, 4) is 0 Å². The van der Waals surface area contributed by atoms with Crippen LogP contribution in [-0.2, 0) is 28.7 Å².